The van der Waals surface area contributed by atoms with Crippen molar-refractivity contribution in [1.82, 2.24) is 4.98 Å². The van der Waals surface area contributed by atoms with E-state index in [1.165, 1.54) is 0 Å². The summed E-state index contributed by atoms with van der Waals surface area (Å²) in [6.45, 7) is 2.69. The normalized spacial score (nSPS) is 12.3. The number of hydrogen-bond donors (Lipinski definition) is 3. The van der Waals surface area contributed by atoms with E-state index in [1.807, 2.05) is 31.2 Å². The molecule has 2 aromatic rings. The Morgan fingerprint density at radius 2 is 2.15 bits per heavy atom. The summed E-state index contributed by atoms with van der Waals surface area (Å²) in [7, 11) is 0. The molecule has 0 aliphatic carbocycles. The Morgan fingerprint density at radius 1 is 1.40 bits per heavy atom. The zero-order valence-electron chi connectivity index (χ0n) is 11.3. The highest BCUT2D eigenvalue weighted by Crippen LogP contribution is 2.21. The van der Waals surface area contributed by atoms with Crippen molar-refractivity contribution < 1.29 is 15.0 Å². The predicted octanol–water partition coefficient (Wildman–Crippen LogP) is 2.36. The summed E-state index contributed by atoms with van der Waals surface area (Å²) >= 11 is 0. The number of anilines is 1. The number of rotatable bonds is 6. The Labute approximate surface area is 117 Å². The number of nitrogens with zero attached hydrogens (tertiary/aromatic N) is 1. The van der Waals surface area contributed by atoms with Gasteiger partial charge in [0.25, 0.3) is 0 Å². The van der Waals surface area contributed by atoms with Gasteiger partial charge in [0.05, 0.1) is 5.52 Å². The van der Waals surface area contributed by atoms with Gasteiger partial charge in [-0.15, -0.1) is 0 Å². The maximum Gasteiger partial charge on any atom is 0.339 e. The van der Waals surface area contributed by atoms with Gasteiger partial charge in [0.2, 0.25) is 0 Å². The number of aromatic carboxylic acids is 1. The van der Waals surface area contributed by atoms with Crippen molar-refractivity contribution in [2.24, 2.45) is 5.92 Å². The largest absolute Gasteiger partial charge is 0.478 e. The van der Waals surface area contributed by atoms with Crippen molar-refractivity contribution in [2.45, 2.75) is 13.3 Å². The number of hydrogen-bond acceptors (Lipinski definition) is 4. The van der Waals surface area contributed by atoms with Crippen molar-refractivity contribution in [3.63, 3.8) is 0 Å². The van der Waals surface area contributed by atoms with Gasteiger partial charge in [-0.2, -0.15) is 0 Å². The molecule has 1 atom stereocenters. The van der Waals surface area contributed by atoms with Crippen LogP contribution in [0.15, 0.2) is 30.3 Å². The van der Waals surface area contributed by atoms with Crippen molar-refractivity contribution in [2.75, 3.05) is 18.5 Å². The number of fused-ring (bicyclic) bond motifs is 1. The first-order valence-electron chi connectivity index (χ1n) is 6.59. The summed E-state index contributed by atoms with van der Waals surface area (Å²) in [5, 5.41) is 22.0. The van der Waals surface area contributed by atoms with Crippen LogP contribution in [0.4, 0.5) is 5.82 Å². The number of aliphatic hydroxyl groups excluding tert-OH is 1. The van der Waals surface area contributed by atoms with E-state index in [0.29, 0.717) is 18.8 Å². The molecule has 0 aliphatic rings. The summed E-state index contributed by atoms with van der Waals surface area (Å²) in [5.74, 6) is -0.378. The molecular weight excluding hydrogens is 256 g/mol. The van der Waals surface area contributed by atoms with Gasteiger partial charge in [-0.1, -0.05) is 25.1 Å². The maximum absolute atomic E-state index is 11.3. The van der Waals surface area contributed by atoms with Crippen LogP contribution in [0.25, 0.3) is 10.9 Å². The number of carbonyl (C=O) groups is 1. The molecule has 5 nitrogen and oxygen atoms in total. The number of benzene rings is 1. The summed E-state index contributed by atoms with van der Waals surface area (Å²) in [6.07, 6.45) is 0.670. The van der Waals surface area contributed by atoms with Crippen molar-refractivity contribution in [1.29, 1.82) is 0 Å². The number of aromatic nitrogens is 1. The molecule has 20 heavy (non-hydrogen) atoms. The van der Waals surface area contributed by atoms with Crippen LogP contribution in [-0.2, 0) is 0 Å². The molecule has 2 rings (SSSR count). The number of para-hydroxylation sites is 1. The van der Waals surface area contributed by atoms with Crippen molar-refractivity contribution in [3.8, 4) is 0 Å². The fourth-order valence-electron chi connectivity index (χ4n) is 2.01. The molecule has 0 saturated heterocycles. The first-order valence-corrected chi connectivity index (χ1v) is 6.59. The van der Waals surface area contributed by atoms with Gasteiger partial charge in [-0.3, -0.25) is 0 Å². The van der Waals surface area contributed by atoms with Crippen LogP contribution in [0.1, 0.15) is 23.7 Å². The molecule has 106 valence electrons. The molecule has 1 aromatic carbocycles. The average molecular weight is 274 g/mol. The Balaban J connectivity index is 2.30. The fraction of sp³-hybridized carbons (Fsp3) is 0.333. The van der Waals surface area contributed by atoms with Crippen LogP contribution in [0.2, 0.25) is 0 Å². The Bertz CT molecular complexity index is 613. The van der Waals surface area contributed by atoms with Crippen molar-refractivity contribution in [3.05, 3.63) is 35.9 Å². The maximum atomic E-state index is 11.3. The summed E-state index contributed by atoms with van der Waals surface area (Å²) in [5.41, 5.74) is 0.926. The summed E-state index contributed by atoms with van der Waals surface area (Å²) in [6, 6.07) is 9.04. The lowest BCUT2D eigenvalue weighted by Crippen LogP contribution is -2.16. The smallest absolute Gasteiger partial charge is 0.339 e. The van der Waals surface area contributed by atoms with Gasteiger partial charge in [-0.25, -0.2) is 9.78 Å². The average Bonchev–Trinajstić information content (AvgIpc) is 2.44. The van der Waals surface area contributed by atoms with Crippen LogP contribution in [0.5, 0.6) is 0 Å². The highest BCUT2D eigenvalue weighted by atomic mass is 16.4. The molecule has 0 fully saturated rings. The highest BCUT2D eigenvalue weighted by molar-refractivity contribution is 5.98. The van der Waals surface area contributed by atoms with Crippen LogP contribution < -0.4 is 5.32 Å². The second kappa shape index (κ2) is 6.34. The van der Waals surface area contributed by atoms with Gasteiger partial charge >= 0.3 is 5.97 Å². The monoisotopic (exact) mass is 274 g/mol. The third-order valence-electron chi connectivity index (χ3n) is 3.19. The molecule has 0 spiro atoms. The van der Waals surface area contributed by atoms with Crippen molar-refractivity contribution >= 4 is 22.7 Å². The third-order valence-corrected chi connectivity index (χ3v) is 3.19. The molecule has 0 amide bonds. The SMILES string of the molecule is CC(CCO)CNc1nc2ccccc2cc1C(=O)O. The predicted molar refractivity (Wildman–Crippen MR) is 78.1 cm³/mol. The van der Waals surface area contributed by atoms with E-state index < -0.39 is 5.97 Å². The van der Waals surface area contributed by atoms with Crippen LogP contribution in [0.3, 0.4) is 0 Å². The van der Waals surface area contributed by atoms with Gasteiger partial charge in [0.1, 0.15) is 11.4 Å². The molecule has 1 heterocycles. The Hall–Kier alpha value is -2.14. The number of nitrogens with one attached hydrogen (secondary N) is 1. The molecule has 1 aromatic heterocycles. The molecule has 0 aliphatic heterocycles. The Kier molecular flexibility index (Phi) is 4.53. The van der Waals surface area contributed by atoms with Crippen LogP contribution >= 0.6 is 0 Å². The molecule has 0 bridgehead atoms. The number of carboxylic acids is 1. The first kappa shape index (κ1) is 14.3. The minimum Gasteiger partial charge on any atom is -0.478 e. The zero-order chi connectivity index (χ0) is 14.5. The van der Waals surface area contributed by atoms with Crippen LogP contribution in [-0.4, -0.2) is 34.3 Å². The van der Waals surface area contributed by atoms with E-state index in [1.54, 1.807) is 6.07 Å². The van der Waals surface area contributed by atoms with Gasteiger partial charge in [0, 0.05) is 18.5 Å². The van der Waals surface area contributed by atoms with Crippen LogP contribution in [0, 0.1) is 5.92 Å². The standard InChI is InChI=1S/C15H18N2O3/c1-10(6-7-18)9-16-14-12(15(19)20)8-11-4-2-3-5-13(11)17-14/h2-5,8,10,18H,6-7,9H2,1H3,(H,16,17)(H,19,20). The summed E-state index contributed by atoms with van der Waals surface area (Å²) in [4.78, 5) is 15.7. The molecular formula is C15H18N2O3. The minimum atomic E-state index is -0.999. The molecule has 0 saturated carbocycles. The topological polar surface area (TPSA) is 82.5 Å². The number of carboxylic acid groups (broad SMARTS) is 1. The first-order chi connectivity index (χ1) is 9.61. The summed E-state index contributed by atoms with van der Waals surface area (Å²) < 4.78 is 0. The van der Waals surface area contributed by atoms with E-state index in [2.05, 4.69) is 10.3 Å². The quantitative estimate of drug-likeness (QED) is 0.753. The highest BCUT2D eigenvalue weighted by Gasteiger charge is 2.13. The van der Waals surface area contributed by atoms with E-state index in [-0.39, 0.29) is 18.1 Å². The zero-order valence-corrected chi connectivity index (χ0v) is 11.3. The second-order valence-corrected chi connectivity index (χ2v) is 4.88. The third kappa shape index (κ3) is 3.24. The van der Waals surface area contributed by atoms with E-state index >= 15 is 0 Å². The Morgan fingerprint density at radius 3 is 2.85 bits per heavy atom. The fourth-order valence-corrected chi connectivity index (χ4v) is 2.01. The second-order valence-electron chi connectivity index (χ2n) is 4.88. The number of aliphatic hydroxyl groups is 1. The molecule has 3 N–H and O–H groups in total. The number of pyridine rings is 1. The molecule has 5 heteroatoms. The minimum absolute atomic E-state index is 0.125. The van der Waals surface area contributed by atoms with E-state index in [0.717, 1.165) is 10.9 Å². The van der Waals surface area contributed by atoms with E-state index in [4.69, 9.17) is 5.11 Å². The molecule has 0 radical (unpaired) electrons. The van der Waals surface area contributed by atoms with E-state index in [9.17, 15) is 9.90 Å². The van der Waals surface area contributed by atoms with Gasteiger partial charge < -0.3 is 15.5 Å². The lowest BCUT2D eigenvalue weighted by Gasteiger charge is -2.14. The lowest BCUT2D eigenvalue weighted by molar-refractivity contribution is 0.0697. The van der Waals surface area contributed by atoms with Gasteiger partial charge in [-0.05, 0) is 24.5 Å². The lowest BCUT2D eigenvalue weighted by atomic mass is 10.1. The molecule has 1 unspecified atom stereocenters. The van der Waals surface area contributed by atoms with Gasteiger partial charge in [0.15, 0.2) is 0 Å².